The van der Waals surface area contributed by atoms with Gasteiger partial charge in [-0.2, -0.15) is 0 Å². The van der Waals surface area contributed by atoms with Crippen LogP contribution in [-0.2, 0) is 76.4 Å². The van der Waals surface area contributed by atoms with Crippen molar-refractivity contribution in [1.82, 2.24) is 10.6 Å². The predicted molar refractivity (Wildman–Crippen MR) is 239 cm³/mol. The largest absolute Gasteiger partial charge is 0.481 e. The van der Waals surface area contributed by atoms with Gasteiger partial charge >= 0.3 is 5.97 Å². The molecule has 376 valence electrons. The van der Waals surface area contributed by atoms with Crippen LogP contribution in [0.4, 0.5) is 0 Å². The fraction of sp³-hybridized carbons (Fsp3) is 0.730. The molecule has 0 fully saturated rings. The van der Waals surface area contributed by atoms with Gasteiger partial charge in [0.05, 0.1) is 49.1 Å². The standard InChI is InChI=1S/C11H23NO2Si.C10H21NO3Si.6C2H4O2.4CH4O/c1-10(13)6-7-11(14)12-8-5-9-15(2,3)4;1-15(2,3)8-4-7-11-9(12)5-6-10(13)14;6*1-4-2-3;4*1-2/h5-9H2,1-4H3,(H,12,14);4-8H2,1-3H3,(H,11,12)(H,13,14);6*2H,1H3;4*2H,1H3. The van der Waals surface area contributed by atoms with E-state index in [9.17, 15) is 19.2 Å². The summed E-state index contributed by atoms with van der Waals surface area (Å²) in [7, 11) is 9.89. The van der Waals surface area contributed by atoms with Crippen molar-refractivity contribution in [3.63, 3.8) is 0 Å². The molecule has 0 spiro atoms. The highest BCUT2D eigenvalue weighted by Gasteiger charge is 2.13. The number of aliphatic carboxylic acids is 1. The van der Waals surface area contributed by atoms with Gasteiger partial charge in [0, 0.05) is 76.9 Å². The number of hydrogen-bond donors (Lipinski definition) is 7. The second-order valence-corrected chi connectivity index (χ2v) is 23.4. The first-order valence-corrected chi connectivity index (χ1v) is 25.3. The van der Waals surface area contributed by atoms with E-state index in [1.165, 1.54) is 61.7 Å². The Morgan fingerprint density at radius 2 is 0.629 bits per heavy atom. The van der Waals surface area contributed by atoms with E-state index >= 15 is 0 Å². The normalized spacial score (nSPS) is 7.82. The van der Waals surface area contributed by atoms with E-state index in [1.807, 2.05) is 0 Å². The van der Waals surface area contributed by atoms with Crippen molar-refractivity contribution in [2.24, 2.45) is 0 Å². The van der Waals surface area contributed by atoms with Crippen molar-refractivity contribution in [3.8, 4) is 0 Å². The highest BCUT2D eigenvalue weighted by Crippen LogP contribution is 2.10. The van der Waals surface area contributed by atoms with Crippen LogP contribution in [-0.4, -0.2) is 188 Å². The first kappa shape index (κ1) is 88.4. The van der Waals surface area contributed by atoms with Gasteiger partial charge in [-0.05, 0) is 19.8 Å². The number of carboxylic acids is 1. The summed E-state index contributed by atoms with van der Waals surface area (Å²) in [6.07, 6.45) is 2.75. The van der Waals surface area contributed by atoms with E-state index in [2.05, 4.69) is 78.3 Å². The maximum absolute atomic E-state index is 11.2. The summed E-state index contributed by atoms with van der Waals surface area (Å²) in [5.41, 5.74) is 0. The minimum absolute atomic E-state index is 0.000718. The molecule has 0 bridgehead atoms. The number of nitrogens with one attached hydrogen (secondary N) is 2. The molecule has 0 radical (unpaired) electrons. The Hall–Kier alpha value is -4.83. The van der Waals surface area contributed by atoms with E-state index in [0.29, 0.717) is 58.2 Å². The average molecular weight is 949 g/mol. The van der Waals surface area contributed by atoms with E-state index in [0.717, 1.165) is 47.8 Å². The minimum atomic E-state index is -1.01. The molecule has 0 aromatic rings. The molecule has 0 atom stereocenters. The maximum Gasteiger partial charge on any atom is 0.303 e. The number of carbonyl (C=O) groups excluding carboxylic acids is 9. The van der Waals surface area contributed by atoms with Crippen LogP contribution in [0.1, 0.15) is 45.4 Å². The van der Waals surface area contributed by atoms with Crippen LogP contribution in [0.3, 0.4) is 0 Å². The summed E-state index contributed by atoms with van der Waals surface area (Å²) in [6.45, 7) is 19.0. The number of carboxylic acid groups (broad SMARTS) is 1. The van der Waals surface area contributed by atoms with Crippen LogP contribution in [0.2, 0.25) is 51.4 Å². The average Bonchev–Trinajstić information content (AvgIpc) is 3.27. The fourth-order valence-electron chi connectivity index (χ4n) is 2.38. The molecule has 62 heavy (non-hydrogen) atoms. The Labute approximate surface area is 371 Å². The Bertz CT molecular complexity index is 812. The Balaban J connectivity index is -0.0000000486. The minimum Gasteiger partial charge on any atom is -0.481 e. The van der Waals surface area contributed by atoms with Gasteiger partial charge in [0.1, 0.15) is 5.78 Å². The van der Waals surface area contributed by atoms with Gasteiger partial charge in [-0.25, -0.2) is 0 Å². The van der Waals surface area contributed by atoms with Gasteiger partial charge in [0.15, 0.2) is 0 Å². The van der Waals surface area contributed by atoms with Crippen molar-refractivity contribution in [2.75, 3.05) is 84.2 Å². The van der Waals surface area contributed by atoms with Crippen molar-refractivity contribution >= 4 is 78.5 Å². The molecule has 0 heterocycles. The molecule has 0 aromatic carbocycles. The lowest BCUT2D eigenvalue weighted by atomic mass is 10.2. The molecule has 0 aliphatic carbocycles. The fourth-order valence-corrected chi connectivity index (χ4v) is 4.85. The number of methoxy groups -OCH3 is 6. The number of ketones is 1. The maximum atomic E-state index is 11.2. The second-order valence-electron chi connectivity index (χ2n) is 12.1. The molecule has 7 N–H and O–H groups in total. The van der Waals surface area contributed by atoms with Crippen LogP contribution in [0.5, 0.6) is 0 Å². The lowest BCUT2D eigenvalue weighted by Crippen LogP contribution is -2.27. The first-order chi connectivity index (χ1) is 29.1. The van der Waals surface area contributed by atoms with Crippen LogP contribution >= 0.6 is 0 Å². The third-order valence-corrected chi connectivity index (χ3v) is 8.41. The van der Waals surface area contributed by atoms with E-state index in [4.69, 9.17) is 54.3 Å². The van der Waals surface area contributed by atoms with Crippen molar-refractivity contribution in [2.45, 2.75) is 96.8 Å². The molecule has 0 saturated heterocycles. The van der Waals surface area contributed by atoms with E-state index in [-0.39, 0.29) is 30.4 Å². The molecular weight excluding hydrogens is 865 g/mol. The number of aliphatic hydroxyl groups is 4. The summed E-state index contributed by atoms with van der Waals surface area (Å²) < 4.78 is 23.2. The number of ether oxygens (including phenoxy) is 6. The summed E-state index contributed by atoms with van der Waals surface area (Å²) in [5, 5.41) is 41.9. The quantitative estimate of drug-likeness (QED) is 0.0388. The number of aliphatic hydroxyl groups excluding tert-OH is 4. The van der Waals surface area contributed by atoms with Crippen LogP contribution in [0.25, 0.3) is 0 Å². The van der Waals surface area contributed by atoms with Gasteiger partial charge < -0.3 is 69.4 Å². The Kier molecular flexibility index (Phi) is 131. The molecular formula is C37H84N2O21Si2. The Morgan fingerprint density at radius 1 is 0.435 bits per heavy atom. The second kappa shape index (κ2) is 91.7. The number of hydrogen-bond acceptors (Lipinski definition) is 20. The highest BCUT2D eigenvalue weighted by atomic mass is 28.3. The zero-order valence-corrected chi connectivity index (χ0v) is 42.3. The third-order valence-electron chi connectivity index (χ3n) is 4.70. The van der Waals surface area contributed by atoms with Crippen molar-refractivity contribution < 1.29 is 102 Å². The SMILES string of the molecule is CC(=O)CCC(=O)NCCC[Si](C)(C)C.CO.CO.CO.CO.COC=O.COC=O.COC=O.COC=O.COC=O.COC=O.C[Si](C)(C)CCCNC(=O)CCC(=O)O. The number of Topliss-reactive ketones (excluding diaryl/α,β-unsaturated/α-hetero) is 1. The highest BCUT2D eigenvalue weighted by molar-refractivity contribution is 6.76. The van der Waals surface area contributed by atoms with Gasteiger partial charge in [-0.1, -0.05) is 51.4 Å². The van der Waals surface area contributed by atoms with Gasteiger partial charge in [0.25, 0.3) is 38.8 Å². The van der Waals surface area contributed by atoms with Crippen molar-refractivity contribution in [3.05, 3.63) is 0 Å². The van der Waals surface area contributed by atoms with E-state index in [1.54, 1.807) is 0 Å². The van der Waals surface area contributed by atoms with Gasteiger partial charge in [-0.15, -0.1) is 0 Å². The topological polar surface area (TPSA) is 351 Å². The molecule has 0 unspecified atom stereocenters. The summed E-state index contributed by atoms with van der Waals surface area (Å²) in [4.78, 5) is 96.9. The molecule has 0 saturated carbocycles. The van der Waals surface area contributed by atoms with Gasteiger partial charge in [-0.3, -0.25) is 43.2 Å². The predicted octanol–water partition coefficient (Wildman–Crippen LogP) is 1.07. The van der Waals surface area contributed by atoms with Crippen LogP contribution < -0.4 is 10.6 Å². The molecule has 0 aliphatic heterocycles. The molecule has 0 aromatic heterocycles. The number of carbonyl (C=O) groups is 10. The summed E-state index contributed by atoms with van der Waals surface area (Å²) in [6, 6.07) is 2.42. The Morgan fingerprint density at radius 3 is 0.774 bits per heavy atom. The van der Waals surface area contributed by atoms with E-state index < -0.39 is 22.1 Å². The molecule has 2 amide bonds. The summed E-state index contributed by atoms with van der Waals surface area (Å²) in [5.74, 6) is -1.01. The van der Waals surface area contributed by atoms with Crippen LogP contribution in [0, 0.1) is 0 Å². The van der Waals surface area contributed by atoms with Crippen molar-refractivity contribution in [1.29, 1.82) is 0 Å². The molecule has 0 rings (SSSR count). The zero-order chi connectivity index (χ0) is 52.3. The number of amides is 2. The summed E-state index contributed by atoms with van der Waals surface area (Å²) >= 11 is 0. The molecule has 23 nitrogen and oxygen atoms in total. The molecule has 0 aliphatic rings. The van der Waals surface area contributed by atoms with Crippen LogP contribution in [0.15, 0.2) is 0 Å². The van der Waals surface area contributed by atoms with Gasteiger partial charge in [0.2, 0.25) is 11.8 Å². The zero-order valence-electron chi connectivity index (χ0n) is 40.3. The molecule has 25 heteroatoms. The number of rotatable bonds is 20. The third kappa shape index (κ3) is 219. The first-order valence-electron chi connectivity index (χ1n) is 17.9. The lowest BCUT2D eigenvalue weighted by Gasteiger charge is -2.15. The monoisotopic (exact) mass is 949 g/mol. The lowest BCUT2D eigenvalue weighted by molar-refractivity contribution is -0.139. The smallest absolute Gasteiger partial charge is 0.303 e.